The zero-order chi connectivity index (χ0) is 12.2. The van der Waals surface area contributed by atoms with Crippen LogP contribution in [0.15, 0.2) is 24.3 Å². The van der Waals surface area contributed by atoms with Crippen LogP contribution in [0.1, 0.15) is 12.5 Å². The molecule has 0 saturated carbocycles. The van der Waals surface area contributed by atoms with Crippen molar-refractivity contribution in [2.24, 2.45) is 5.73 Å². The largest absolute Gasteiger partial charge is 0.405 e. The van der Waals surface area contributed by atoms with Gasteiger partial charge in [-0.15, -0.1) is 0 Å². The molecule has 1 aromatic carbocycles. The van der Waals surface area contributed by atoms with E-state index in [1.54, 1.807) is 31.2 Å². The van der Waals surface area contributed by atoms with Crippen LogP contribution in [0.3, 0.4) is 0 Å². The zero-order valence-electron chi connectivity index (χ0n) is 9.09. The minimum Gasteiger partial charge on any atom is -0.363 e. The summed E-state index contributed by atoms with van der Waals surface area (Å²) in [4.78, 5) is 1.28. The number of halogens is 3. The highest BCUT2D eigenvalue weighted by atomic mass is 19.4. The van der Waals surface area contributed by atoms with Gasteiger partial charge in [0.2, 0.25) is 0 Å². The number of benzene rings is 1. The lowest BCUT2D eigenvalue weighted by Gasteiger charge is -2.24. The molecule has 1 rings (SSSR count). The molecule has 0 aliphatic carbocycles. The fourth-order valence-electron chi connectivity index (χ4n) is 1.44. The number of nitrogens with two attached hydrogens (primary N) is 1. The molecule has 5 heteroatoms. The molecule has 0 atom stereocenters. The first-order chi connectivity index (χ1) is 7.46. The molecule has 16 heavy (non-hydrogen) atoms. The van der Waals surface area contributed by atoms with Crippen molar-refractivity contribution >= 4 is 5.69 Å². The van der Waals surface area contributed by atoms with Gasteiger partial charge in [0, 0.05) is 18.8 Å². The average Bonchev–Trinajstić information content (AvgIpc) is 2.25. The number of anilines is 1. The maximum absolute atomic E-state index is 12.3. The molecule has 90 valence electrons. The van der Waals surface area contributed by atoms with Gasteiger partial charge in [-0.05, 0) is 24.6 Å². The van der Waals surface area contributed by atoms with Crippen LogP contribution in [0.4, 0.5) is 18.9 Å². The minimum atomic E-state index is -4.18. The molecule has 0 radical (unpaired) electrons. The molecule has 0 amide bonds. The summed E-state index contributed by atoms with van der Waals surface area (Å²) in [6, 6.07) is 6.82. The Morgan fingerprint density at radius 2 is 1.75 bits per heavy atom. The molecule has 0 unspecified atom stereocenters. The van der Waals surface area contributed by atoms with E-state index in [1.807, 2.05) is 0 Å². The zero-order valence-corrected chi connectivity index (χ0v) is 9.09. The number of hydrogen-bond donors (Lipinski definition) is 1. The second kappa shape index (κ2) is 5.21. The number of rotatable bonds is 4. The van der Waals surface area contributed by atoms with Crippen molar-refractivity contribution in [1.82, 2.24) is 0 Å². The lowest BCUT2D eigenvalue weighted by molar-refractivity contribution is -0.119. The molecule has 0 aliphatic heterocycles. The standard InChI is InChI=1S/C11H15F3N2/c1-2-16(8-11(12,13)14)10-5-3-9(7-15)4-6-10/h3-6H,2,7-8,15H2,1H3. The van der Waals surface area contributed by atoms with E-state index in [4.69, 9.17) is 5.73 Å². The molecule has 1 aromatic rings. The van der Waals surface area contributed by atoms with E-state index in [0.29, 0.717) is 18.8 Å². The Bertz CT molecular complexity index is 319. The molecular formula is C11H15F3N2. The lowest BCUT2D eigenvalue weighted by Crippen LogP contribution is -2.34. The van der Waals surface area contributed by atoms with Crippen LogP contribution in [0, 0.1) is 0 Å². The predicted molar refractivity (Wildman–Crippen MR) is 58.3 cm³/mol. The van der Waals surface area contributed by atoms with E-state index in [-0.39, 0.29) is 0 Å². The van der Waals surface area contributed by atoms with Gasteiger partial charge in [0.25, 0.3) is 0 Å². The van der Waals surface area contributed by atoms with Gasteiger partial charge >= 0.3 is 6.18 Å². The summed E-state index contributed by atoms with van der Waals surface area (Å²) in [5.74, 6) is 0. The number of nitrogens with zero attached hydrogens (tertiary/aromatic N) is 1. The van der Waals surface area contributed by atoms with Crippen LogP contribution >= 0.6 is 0 Å². The number of alkyl halides is 3. The Hall–Kier alpha value is -1.23. The van der Waals surface area contributed by atoms with Gasteiger partial charge < -0.3 is 10.6 Å². The topological polar surface area (TPSA) is 29.3 Å². The van der Waals surface area contributed by atoms with Gasteiger partial charge in [0.15, 0.2) is 0 Å². The Morgan fingerprint density at radius 1 is 1.19 bits per heavy atom. The van der Waals surface area contributed by atoms with Crippen LogP contribution in [-0.4, -0.2) is 19.3 Å². The van der Waals surface area contributed by atoms with Crippen molar-refractivity contribution < 1.29 is 13.2 Å². The summed E-state index contributed by atoms with van der Waals surface area (Å²) in [6.07, 6.45) is -4.18. The molecule has 2 N–H and O–H groups in total. The first-order valence-electron chi connectivity index (χ1n) is 5.07. The first kappa shape index (κ1) is 12.8. The quantitative estimate of drug-likeness (QED) is 0.864. The van der Waals surface area contributed by atoms with Crippen LogP contribution < -0.4 is 10.6 Å². The fraction of sp³-hybridized carbons (Fsp3) is 0.455. The highest BCUT2D eigenvalue weighted by molar-refractivity contribution is 5.47. The third kappa shape index (κ3) is 3.73. The lowest BCUT2D eigenvalue weighted by atomic mass is 10.2. The van der Waals surface area contributed by atoms with Crippen LogP contribution in [0.5, 0.6) is 0 Å². The molecule has 0 fully saturated rings. The van der Waals surface area contributed by atoms with Gasteiger partial charge in [-0.25, -0.2) is 0 Å². The molecule has 2 nitrogen and oxygen atoms in total. The average molecular weight is 232 g/mol. The molecule has 0 spiro atoms. The van der Waals surface area contributed by atoms with Gasteiger partial charge in [0.1, 0.15) is 6.54 Å². The summed E-state index contributed by atoms with van der Waals surface area (Å²) in [5, 5.41) is 0. The minimum absolute atomic E-state index is 0.321. The van der Waals surface area contributed by atoms with Gasteiger partial charge in [-0.1, -0.05) is 12.1 Å². The highest BCUT2D eigenvalue weighted by Gasteiger charge is 2.30. The highest BCUT2D eigenvalue weighted by Crippen LogP contribution is 2.22. The summed E-state index contributed by atoms with van der Waals surface area (Å²) >= 11 is 0. The maximum Gasteiger partial charge on any atom is 0.405 e. The molecule has 0 bridgehead atoms. The van der Waals surface area contributed by atoms with Gasteiger partial charge in [-0.3, -0.25) is 0 Å². The number of hydrogen-bond acceptors (Lipinski definition) is 2. The van der Waals surface area contributed by atoms with Crippen molar-refractivity contribution in [2.75, 3.05) is 18.0 Å². The summed E-state index contributed by atoms with van der Waals surface area (Å²) < 4.78 is 36.8. The Balaban J connectivity index is 2.79. The molecular weight excluding hydrogens is 217 g/mol. The van der Waals surface area contributed by atoms with Crippen LogP contribution in [0.25, 0.3) is 0 Å². The Labute approximate surface area is 92.9 Å². The predicted octanol–water partition coefficient (Wildman–Crippen LogP) is 2.53. The van der Waals surface area contributed by atoms with Gasteiger partial charge in [-0.2, -0.15) is 13.2 Å². The van der Waals surface area contributed by atoms with Gasteiger partial charge in [0.05, 0.1) is 0 Å². The van der Waals surface area contributed by atoms with E-state index in [1.165, 1.54) is 4.90 Å². The Kier molecular flexibility index (Phi) is 4.18. The summed E-state index contributed by atoms with van der Waals surface area (Å²) in [5.41, 5.74) is 6.89. The summed E-state index contributed by atoms with van der Waals surface area (Å²) in [6.45, 7) is 1.49. The maximum atomic E-state index is 12.3. The smallest absolute Gasteiger partial charge is 0.363 e. The normalized spacial score (nSPS) is 11.6. The van der Waals surface area contributed by atoms with E-state index in [0.717, 1.165) is 5.56 Å². The second-order valence-corrected chi connectivity index (χ2v) is 3.50. The SMILES string of the molecule is CCN(CC(F)(F)F)c1ccc(CN)cc1. The monoisotopic (exact) mass is 232 g/mol. The first-order valence-corrected chi connectivity index (χ1v) is 5.07. The molecule has 0 aromatic heterocycles. The van der Waals surface area contributed by atoms with Crippen molar-refractivity contribution in [1.29, 1.82) is 0 Å². The molecule has 0 saturated heterocycles. The third-order valence-electron chi connectivity index (χ3n) is 2.29. The van der Waals surface area contributed by atoms with Crippen molar-refractivity contribution in [2.45, 2.75) is 19.6 Å². The van der Waals surface area contributed by atoms with Crippen molar-refractivity contribution in [3.8, 4) is 0 Å². The molecule has 0 heterocycles. The summed E-state index contributed by atoms with van der Waals surface area (Å²) in [7, 11) is 0. The molecule has 0 aliphatic rings. The van der Waals surface area contributed by atoms with E-state index >= 15 is 0 Å². The fourth-order valence-corrected chi connectivity index (χ4v) is 1.44. The third-order valence-corrected chi connectivity index (χ3v) is 2.29. The van der Waals surface area contributed by atoms with E-state index < -0.39 is 12.7 Å². The Morgan fingerprint density at radius 3 is 2.12 bits per heavy atom. The van der Waals surface area contributed by atoms with Crippen LogP contribution in [0.2, 0.25) is 0 Å². The van der Waals surface area contributed by atoms with Crippen molar-refractivity contribution in [3.63, 3.8) is 0 Å². The second-order valence-electron chi connectivity index (χ2n) is 3.50. The van der Waals surface area contributed by atoms with E-state index in [2.05, 4.69) is 0 Å². The van der Waals surface area contributed by atoms with Crippen molar-refractivity contribution in [3.05, 3.63) is 29.8 Å². The van der Waals surface area contributed by atoms with E-state index in [9.17, 15) is 13.2 Å². The van der Waals surface area contributed by atoms with Crippen LogP contribution in [-0.2, 0) is 6.54 Å².